The lowest BCUT2D eigenvalue weighted by Crippen LogP contribution is -2.26. The van der Waals surface area contributed by atoms with E-state index in [2.05, 4.69) is 27.3 Å². The molecule has 3 rings (SSSR count). The van der Waals surface area contributed by atoms with Crippen molar-refractivity contribution in [3.63, 3.8) is 0 Å². The van der Waals surface area contributed by atoms with Gasteiger partial charge in [0.1, 0.15) is 25.0 Å². The Hall–Kier alpha value is -2.95. The Morgan fingerprint density at radius 3 is 2.76 bits per heavy atom. The summed E-state index contributed by atoms with van der Waals surface area (Å²) in [6.45, 7) is 5.79. The van der Waals surface area contributed by atoms with Crippen LogP contribution in [-0.4, -0.2) is 65.2 Å². The van der Waals surface area contributed by atoms with Crippen LogP contribution in [0.4, 0.5) is 0 Å². The number of amides is 1. The predicted molar refractivity (Wildman–Crippen MR) is 121 cm³/mol. The smallest absolute Gasteiger partial charge is 0.273 e. The zero-order valence-corrected chi connectivity index (χ0v) is 19.3. The number of nitrogens with one attached hydrogen (secondary N) is 1. The SMILES string of the molecule is CCCOCCOCCOc1ccc(-c2ocnc2C(=O)NCCCn2cncn2)cc1Cl. The van der Waals surface area contributed by atoms with Crippen molar-refractivity contribution in [2.45, 2.75) is 26.3 Å². The van der Waals surface area contributed by atoms with Gasteiger partial charge in [-0.1, -0.05) is 18.5 Å². The van der Waals surface area contributed by atoms with Gasteiger partial charge in [0.15, 0.2) is 17.8 Å². The number of hydrogen-bond donors (Lipinski definition) is 1. The van der Waals surface area contributed by atoms with Gasteiger partial charge in [0.25, 0.3) is 5.91 Å². The summed E-state index contributed by atoms with van der Waals surface area (Å²) in [4.78, 5) is 20.5. The van der Waals surface area contributed by atoms with E-state index in [9.17, 15) is 4.79 Å². The Balaban J connectivity index is 1.46. The number of aromatic nitrogens is 4. The number of carbonyl (C=O) groups is 1. The number of carbonyl (C=O) groups excluding carboxylic acids is 1. The molecule has 0 fully saturated rings. The van der Waals surface area contributed by atoms with E-state index < -0.39 is 0 Å². The Labute approximate surface area is 197 Å². The number of ether oxygens (including phenoxy) is 3. The summed E-state index contributed by atoms with van der Waals surface area (Å²) < 4.78 is 23.6. The van der Waals surface area contributed by atoms with Crippen LogP contribution in [0.2, 0.25) is 5.02 Å². The Kier molecular flexibility index (Phi) is 10.1. The Morgan fingerprint density at radius 1 is 1.18 bits per heavy atom. The fraction of sp³-hybridized carbons (Fsp3) is 0.455. The molecule has 0 aliphatic carbocycles. The lowest BCUT2D eigenvalue weighted by atomic mass is 10.1. The highest BCUT2D eigenvalue weighted by molar-refractivity contribution is 6.32. The summed E-state index contributed by atoms with van der Waals surface area (Å²) in [6, 6.07) is 5.17. The van der Waals surface area contributed by atoms with Gasteiger partial charge in [-0.05, 0) is 31.0 Å². The van der Waals surface area contributed by atoms with Crippen LogP contribution in [0.3, 0.4) is 0 Å². The molecular formula is C22H28ClN5O5. The molecule has 0 bridgehead atoms. The number of aryl methyl sites for hydroxylation is 1. The molecular weight excluding hydrogens is 450 g/mol. The molecule has 2 aromatic heterocycles. The van der Waals surface area contributed by atoms with Crippen molar-refractivity contribution in [1.82, 2.24) is 25.1 Å². The van der Waals surface area contributed by atoms with Crippen LogP contribution >= 0.6 is 11.6 Å². The van der Waals surface area contributed by atoms with Gasteiger partial charge < -0.3 is 23.9 Å². The summed E-state index contributed by atoms with van der Waals surface area (Å²) in [7, 11) is 0. The molecule has 10 nitrogen and oxygen atoms in total. The second-order valence-corrected chi connectivity index (χ2v) is 7.42. The van der Waals surface area contributed by atoms with Gasteiger partial charge in [-0.25, -0.2) is 9.97 Å². The van der Waals surface area contributed by atoms with Crippen molar-refractivity contribution in [2.75, 3.05) is 39.6 Å². The lowest BCUT2D eigenvalue weighted by Gasteiger charge is -2.10. The number of benzene rings is 1. The second-order valence-electron chi connectivity index (χ2n) is 7.02. The lowest BCUT2D eigenvalue weighted by molar-refractivity contribution is 0.0366. The third-order valence-corrected chi connectivity index (χ3v) is 4.79. The zero-order chi connectivity index (χ0) is 23.3. The van der Waals surface area contributed by atoms with Crippen LogP contribution in [0.15, 0.2) is 41.7 Å². The monoisotopic (exact) mass is 477 g/mol. The first kappa shape index (κ1) is 24.7. The Bertz CT molecular complexity index is 979. The maximum Gasteiger partial charge on any atom is 0.273 e. The van der Waals surface area contributed by atoms with Gasteiger partial charge in [-0.3, -0.25) is 9.48 Å². The first-order valence-corrected chi connectivity index (χ1v) is 11.2. The minimum atomic E-state index is -0.325. The van der Waals surface area contributed by atoms with Gasteiger partial charge >= 0.3 is 0 Å². The minimum absolute atomic E-state index is 0.194. The minimum Gasteiger partial charge on any atom is -0.490 e. The van der Waals surface area contributed by atoms with Gasteiger partial charge in [-0.15, -0.1) is 0 Å². The number of halogens is 1. The van der Waals surface area contributed by atoms with Gasteiger partial charge in [0.2, 0.25) is 0 Å². The van der Waals surface area contributed by atoms with E-state index in [1.54, 1.807) is 29.2 Å². The van der Waals surface area contributed by atoms with E-state index in [1.165, 1.54) is 12.7 Å². The maximum absolute atomic E-state index is 12.6. The molecule has 0 saturated heterocycles. The van der Waals surface area contributed by atoms with Crippen molar-refractivity contribution < 1.29 is 23.4 Å². The first-order valence-electron chi connectivity index (χ1n) is 10.8. The fourth-order valence-corrected chi connectivity index (χ4v) is 3.16. The first-order chi connectivity index (χ1) is 16.2. The van der Waals surface area contributed by atoms with E-state index in [1.807, 2.05) is 0 Å². The molecule has 1 aromatic carbocycles. The number of hydrogen-bond acceptors (Lipinski definition) is 8. The van der Waals surface area contributed by atoms with E-state index in [0.717, 1.165) is 13.0 Å². The van der Waals surface area contributed by atoms with Crippen molar-refractivity contribution in [2.24, 2.45) is 0 Å². The van der Waals surface area contributed by atoms with Crippen molar-refractivity contribution in [1.29, 1.82) is 0 Å². The molecule has 0 spiro atoms. The van der Waals surface area contributed by atoms with Crippen LogP contribution < -0.4 is 10.1 Å². The molecule has 33 heavy (non-hydrogen) atoms. The predicted octanol–water partition coefficient (Wildman–Crippen LogP) is 3.23. The van der Waals surface area contributed by atoms with Gasteiger partial charge in [-0.2, -0.15) is 5.10 Å². The molecule has 11 heteroatoms. The van der Waals surface area contributed by atoms with Crippen molar-refractivity contribution in [3.05, 3.63) is 48.0 Å². The molecule has 1 amide bonds. The molecule has 3 aromatic rings. The van der Waals surface area contributed by atoms with Crippen LogP contribution in [-0.2, 0) is 16.0 Å². The summed E-state index contributed by atoms with van der Waals surface area (Å²) in [6.07, 6.45) is 6.03. The van der Waals surface area contributed by atoms with Crippen LogP contribution in [0.25, 0.3) is 11.3 Å². The average molecular weight is 478 g/mol. The second kappa shape index (κ2) is 13.6. The van der Waals surface area contributed by atoms with Gasteiger partial charge in [0.05, 0.1) is 24.8 Å². The quantitative estimate of drug-likeness (QED) is 0.332. The highest BCUT2D eigenvalue weighted by atomic mass is 35.5. The third-order valence-electron chi connectivity index (χ3n) is 4.50. The molecule has 2 heterocycles. The largest absolute Gasteiger partial charge is 0.490 e. The molecule has 1 N–H and O–H groups in total. The Morgan fingerprint density at radius 2 is 2.00 bits per heavy atom. The molecule has 0 saturated carbocycles. The molecule has 0 aliphatic rings. The van der Waals surface area contributed by atoms with E-state index in [0.29, 0.717) is 68.0 Å². The normalized spacial score (nSPS) is 11.0. The van der Waals surface area contributed by atoms with E-state index in [-0.39, 0.29) is 11.6 Å². The number of nitrogens with zero attached hydrogens (tertiary/aromatic N) is 4. The van der Waals surface area contributed by atoms with Crippen molar-refractivity contribution >= 4 is 17.5 Å². The zero-order valence-electron chi connectivity index (χ0n) is 18.5. The average Bonchev–Trinajstić information content (AvgIpc) is 3.51. The molecule has 0 unspecified atom stereocenters. The highest BCUT2D eigenvalue weighted by Gasteiger charge is 2.19. The number of rotatable bonds is 15. The van der Waals surface area contributed by atoms with E-state index >= 15 is 0 Å². The van der Waals surface area contributed by atoms with Gasteiger partial charge in [0, 0.05) is 25.3 Å². The number of oxazole rings is 1. The molecule has 0 radical (unpaired) electrons. The topological polar surface area (TPSA) is 114 Å². The standard InChI is InChI=1S/C22H28ClN5O5/c1-2-8-30-9-10-31-11-12-32-19-5-4-17(13-18(19)23)21-20(26-16-33-21)22(29)25-6-3-7-28-15-24-14-27-28/h4-5,13-16H,2-3,6-12H2,1H3,(H,25,29). The fourth-order valence-electron chi connectivity index (χ4n) is 2.92. The molecule has 0 atom stereocenters. The summed E-state index contributed by atoms with van der Waals surface area (Å²) >= 11 is 6.36. The third kappa shape index (κ3) is 7.85. The van der Waals surface area contributed by atoms with Crippen molar-refractivity contribution in [3.8, 4) is 17.1 Å². The molecule has 178 valence electrons. The van der Waals surface area contributed by atoms with Crippen LogP contribution in [0, 0.1) is 0 Å². The summed E-state index contributed by atoms with van der Waals surface area (Å²) in [5, 5.41) is 7.26. The van der Waals surface area contributed by atoms with E-state index in [4.69, 9.17) is 30.2 Å². The maximum atomic E-state index is 12.6. The van der Waals surface area contributed by atoms with Crippen LogP contribution in [0.5, 0.6) is 5.75 Å². The summed E-state index contributed by atoms with van der Waals surface area (Å²) in [5.41, 5.74) is 0.820. The van der Waals surface area contributed by atoms with Crippen LogP contribution in [0.1, 0.15) is 30.3 Å². The highest BCUT2D eigenvalue weighted by Crippen LogP contribution is 2.31. The molecule has 0 aliphatic heterocycles. The summed E-state index contributed by atoms with van der Waals surface area (Å²) in [5.74, 6) is 0.534.